The molecule has 0 saturated carbocycles. The average molecular weight is 265 g/mol. The minimum absolute atomic E-state index is 1.01. The number of benzene rings is 2. The maximum absolute atomic E-state index is 3.42. The molecule has 0 amide bonds. The minimum Gasteiger partial charge on any atom is -0.312 e. The van der Waals surface area contributed by atoms with E-state index in [-0.39, 0.29) is 0 Å². The molecule has 2 heterocycles. The van der Waals surface area contributed by atoms with Gasteiger partial charge >= 0.3 is 0 Å². The van der Waals surface area contributed by atoms with Crippen molar-refractivity contribution in [2.75, 3.05) is 6.54 Å². The lowest BCUT2D eigenvalue weighted by atomic mass is 9.95. The SMILES string of the molecule is c1cc2ccc(-c3ccc4c(c3)CCNC4)cc2s1. The Labute approximate surface area is 116 Å². The van der Waals surface area contributed by atoms with Crippen LogP contribution in [0.25, 0.3) is 21.2 Å². The first kappa shape index (κ1) is 11.2. The molecule has 0 bridgehead atoms. The molecule has 1 nitrogen and oxygen atoms in total. The van der Waals surface area contributed by atoms with Gasteiger partial charge in [-0.25, -0.2) is 0 Å². The topological polar surface area (TPSA) is 12.0 Å². The van der Waals surface area contributed by atoms with Crippen LogP contribution in [0, 0.1) is 0 Å². The smallest absolute Gasteiger partial charge is 0.0348 e. The van der Waals surface area contributed by atoms with Crippen LogP contribution in [0.1, 0.15) is 11.1 Å². The third-order valence-electron chi connectivity index (χ3n) is 3.88. The zero-order valence-corrected chi connectivity index (χ0v) is 11.5. The molecule has 2 aromatic carbocycles. The average Bonchev–Trinajstić information content (AvgIpc) is 2.94. The van der Waals surface area contributed by atoms with Gasteiger partial charge in [0.05, 0.1) is 0 Å². The normalized spacial score (nSPS) is 14.5. The van der Waals surface area contributed by atoms with Crippen LogP contribution in [0.3, 0.4) is 0 Å². The van der Waals surface area contributed by atoms with Crippen LogP contribution in [0.5, 0.6) is 0 Å². The fourth-order valence-corrected chi connectivity index (χ4v) is 3.62. The van der Waals surface area contributed by atoms with Gasteiger partial charge in [-0.2, -0.15) is 0 Å². The molecule has 19 heavy (non-hydrogen) atoms. The van der Waals surface area contributed by atoms with E-state index in [1.54, 1.807) is 0 Å². The molecule has 94 valence electrons. The van der Waals surface area contributed by atoms with E-state index >= 15 is 0 Å². The molecule has 1 aromatic heterocycles. The van der Waals surface area contributed by atoms with E-state index < -0.39 is 0 Å². The van der Waals surface area contributed by atoms with Crippen LogP contribution in [0.15, 0.2) is 47.8 Å². The summed E-state index contributed by atoms with van der Waals surface area (Å²) in [6, 6.07) is 15.8. The van der Waals surface area contributed by atoms with Gasteiger partial charge in [0.1, 0.15) is 0 Å². The van der Waals surface area contributed by atoms with Gasteiger partial charge in [-0.1, -0.05) is 30.3 Å². The molecule has 0 spiro atoms. The van der Waals surface area contributed by atoms with E-state index in [9.17, 15) is 0 Å². The summed E-state index contributed by atoms with van der Waals surface area (Å²) in [5.41, 5.74) is 5.63. The predicted molar refractivity (Wildman–Crippen MR) is 82.7 cm³/mol. The second-order valence-electron chi connectivity index (χ2n) is 5.08. The van der Waals surface area contributed by atoms with E-state index in [1.165, 1.54) is 32.3 Å². The van der Waals surface area contributed by atoms with Crippen molar-refractivity contribution < 1.29 is 0 Å². The standard InChI is InChI=1S/C17H15NS/c1-2-14(10-17-12(1)6-8-19-17)13-3-4-16-11-18-7-5-15(16)9-13/h1-4,6,8-10,18H,5,7,11H2. The van der Waals surface area contributed by atoms with Crippen LogP contribution in [0.4, 0.5) is 0 Å². The molecule has 4 rings (SSSR count). The zero-order valence-electron chi connectivity index (χ0n) is 10.6. The number of fused-ring (bicyclic) bond motifs is 2. The third kappa shape index (κ3) is 1.97. The van der Waals surface area contributed by atoms with Gasteiger partial charge < -0.3 is 5.32 Å². The van der Waals surface area contributed by atoms with E-state index in [4.69, 9.17) is 0 Å². The zero-order chi connectivity index (χ0) is 12.7. The summed E-state index contributed by atoms with van der Waals surface area (Å²) < 4.78 is 1.37. The maximum atomic E-state index is 3.42. The van der Waals surface area contributed by atoms with E-state index in [2.05, 4.69) is 53.2 Å². The van der Waals surface area contributed by atoms with Crippen molar-refractivity contribution in [2.45, 2.75) is 13.0 Å². The quantitative estimate of drug-likeness (QED) is 0.695. The van der Waals surface area contributed by atoms with Crippen LogP contribution >= 0.6 is 11.3 Å². The fourth-order valence-electron chi connectivity index (χ4n) is 2.79. The molecular formula is C17H15NS. The highest BCUT2D eigenvalue weighted by molar-refractivity contribution is 7.17. The fraction of sp³-hybridized carbons (Fsp3) is 0.176. The maximum Gasteiger partial charge on any atom is 0.0348 e. The first-order chi connectivity index (χ1) is 9.40. The number of thiophene rings is 1. The predicted octanol–water partition coefficient (Wildman–Crippen LogP) is 4.21. The first-order valence-electron chi connectivity index (χ1n) is 6.70. The molecule has 3 aromatic rings. The molecule has 0 radical (unpaired) electrons. The lowest BCUT2D eigenvalue weighted by Gasteiger charge is -2.18. The van der Waals surface area contributed by atoms with Crippen molar-refractivity contribution in [3.8, 4) is 11.1 Å². The summed E-state index contributed by atoms with van der Waals surface area (Å²) >= 11 is 1.81. The Morgan fingerprint density at radius 1 is 0.895 bits per heavy atom. The van der Waals surface area contributed by atoms with E-state index in [1.807, 2.05) is 11.3 Å². The highest BCUT2D eigenvalue weighted by Gasteiger charge is 2.09. The highest BCUT2D eigenvalue weighted by Crippen LogP contribution is 2.29. The summed E-state index contributed by atoms with van der Waals surface area (Å²) in [5.74, 6) is 0. The molecule has 0 saturated heterocycles. The van der Waals surface area contributed by atoms with Gasteiger partial charge in [0.15, 0.2) is 0 Å². The lowest BCUT2D eigenvalue weighted by molar-refractivity contribution is 0.644. The Hall–Kier alpha value is -1.64. The molecule has 0 aliphatic carbocycles. The summed E-state index contributed by atoms with van der Waals surface area (Å²) in [7, 11) is 0. The molecule has 0 unspecified atom stereocenters. The minimum atomic E-state index is 1.01. The van der Waals surface area contributed by atoms with Crippen LogP contribution in [-0.2, 0) is 13.0 Å². The molecule has 1 aliphatic rings. The van der Waals surface area contributed by atoms with Crippen LogP contribution in [-0.4, -0.2) is 6.54 Å². The number of nitrogens with one attached hydrogen (secondary N) is 1. The molecule has 1 aliphatic heterocycles. The third-order valence-corrected chi connectivity index (χ3v) is 4.76. The Kier molecular flexibility index (Phi) is 2.64. The highest BCUT2D eigenvalue weighted by atomic mass is 32.1. The second-order valence-corrected chi connectivity index (χ2v) is 6.03. The van der Waals surface area contributed by atoms with E-state index in [0.29, 0.717) is 0 Å². The molecule has 1 N–H and O–H groups in total. The molecular weight excluding hydrogens is 250 g/mol. The molecule has 0 atom stereocenters. The first-order valence-corrected chi connectivity index (χ1v) is 7.58. The van der Waals surface area contributed by atoms with Gasteiger partial charge in [0, 0.05) is 11.2 Å². The molecule has 0 fully saturated rings. The molecule has 2 heteroatoms. The Morgan fingerprint density at radius 3 is 2.79 bits per heavy atom. The summed E-state index contributed by atoms with van der Waals surface area (Å²) in [4.78, 5) is 0. The monoisotopic (exact) mass is 265 g/mol. The van der Waals surface area contributed by atoms with Crippen molar-refractivity contribution in [2.24, 2.45) is 0 Å². The van der Waals surface area contributed by atoms with Gasteiger partial charge in [0.25, 0.3) is 0 Å². The number of rotatable bonds is 1. The van der Waals surface area contributed by atoms with Crippen molar-refractivity contribution >= 4 is 21.4 Å². The Balaban J connectivity index is 1.82. The Morgan fingerprint density at radius 2 is 1.79 bits per heavy atom. The van der Waals surface area contributed by atoms with Gasteiger partial charge in [-0.3, -0.25) is 0 Å². The van der Waals surface area contributed by atoms with Gasteiger partial charge in [-0.15, -0.1) is 11.3 Å². The summed E-state index contributed by atoms with van der Waals surface area (Å²) in [5, 5.41) is 6.93. The second kappa shape index (κ2) is 4.48. The van der Waals surface area contributed by atoms with Crippen molar-refractivity contribution in [1.29, 1.82) is 0 Å². The van der Waals surface area contributed by atoms with Crippen molar-refractivity contribution in [3.63, 3.8) is 0 Å². The number of hydrogen-bond donors (Lipinski definition) is 1. The summed E-state index contributed by atoms with van der Waals surface area (Å²) in [6.07, 6.45) is 1.14. The van der Waals surface area contributed by atoms with Gasteiger partial charge in [0.2, 0.25) is 0 Å². The van der Waals surface area contributed by atoms with Crippen LogP contribution < -0.4 is 5.32 Å². The van der Waals surface area contributed by atoms with Crippen LogP contribution in [0.2, 0.25) is 0 Å². The van der Waals surface area contributed by atoms with E-state index in [0.717, 1.165) is 19.5 Å². The Bertz CT molecular complexity index is 742. The van der Waals surface area contributed by atoms with Crippen molar-refractivity contribution in [3.05, 3.63) is 59.0 Å². The van der Waals surface area contributed by atoms with Gasteiger partial charge in [-0.05, 0) is 58.1 Å². The lowest BCUT2D eigenvalue weighted by Crippen LogP contribution is -2.23. The number of hydrogen-bond acceptors (Lipinski definition) is 2. The largest absolute Gasteiger partial charge is 0.312 e. The summed E-state index contributed by atoms with van der Waals surface area (Å²) in [6.45, 7) is 2.11. The van der Waals surface area contributed by atoms with Crippen molar-refractivity contribution in [1.82, 2.24) is 5.32 Å².